The number of carbonyl (C=O) groups is 3. The molecule has 1 aromatic carbocycles. The van der Waals surface area contributed by atoms with E-state index < -0.39 is 34.5 Å². The van der Waals surface area contributed by atoms with E-state index in [-0.39, 0.29) is 28.3 Å². The lowest BCUT2D eigenvalue weighted by molar-refractivity contribution is -0.123. The normalized spacial score (nSPS) is 19.9. The quantitative estimate of drug-likeness (QED) is 0.651. The lowest BCUT2D eigenvalue weighted by Crippen LogP contribution is -2.44. The van der Waals surface area contributed by atoms with Gasteiger partial charge in [0, 0.05) is 19.1 Å². The number of rotatable bonds is 6. The van der Waals surface area contributed by atoms with Gasteiger partial charge in [-0.15, -0.1) is 0 Å². The van der Waals surface area contributed by atoms with Crippen LogP contribution in [0.25, 0.3) is 0 Å². The maximum atomic E-state index is 12.9. The first-order chi connectivity index (χ1) is 14.0. The second kappa shape index (κ2) is 10.0. The van der Waals surface area contributed by atoms with E-state index in [0.29, 0.717) is 13.1 Å². The number of nitrogens with one attached hydrogen (secondary N) is 2. The summed E-state index contributed by atoms with van der Waals surface area (Å²) in [7, 11) is -3.65. The molecule has 9 nitrogen and oxygen atoms in total. The van der Waals surface area contributed by atoms with Crippen LogP contribution in [0.3, 0.4) is 0 Å². The summed E-state index contributed by atoms with van der Waals surface area (Å²) in [4.78, 5) is 35.3. The fourth-order valence-electron chi connectivity index (χ4n) is 3.39. The zero-order valence-corrected chi connectivity index (χ0v) is 18.5. The summed E-state index contributed by atoms with van der Waals surface area (Å²) in [5.41, 5.74) is 0.105. The predicted octanol–water partition coefficient (Wildman–Crippen LogP) is 1.74. The minimum atomic E-state index is -3.65. The molecule has 2 atom stereocenters. The van der Waals surface area contributed by atoms with Crippen molar-refractivity contribution in [2.45, 2.75) is 45.1 Å². The van der Waals surface area contributed by atoms with E-state index in [2.05, 4.69) is 5.32 Å². The third kappa shape index (κ3) is 6.53. The van der Waals surface area contributed by atoms with E-state index in [1.54, 1.807) is 13.8 Å². The second-order valence-electron chi connectivity index (χ2n) is 8.04. The molecule has 0 aromatic heterocycles. The molecule has 2 rings (SSSR count). The van der Waals surface area contributed by atoms with Crippen molar-refractivity contribution in [3.8, 4) is 0 Å². The van der Waals surface area contributed by atoms with Crippen molar-refractivity contribution in [2.75, 3.05) is 19.7 Å². The molecule has 1 fully saturated rings. The summed E-state index contributed by atoms with van der Waals surface area (Å²) >= 11 is 0. The number of carbonyl (C=O) groups excluding carboxylic acids is 3. The smallest absolute Gasteiger partial charge is 0.338 e. The number of hydrogen-bond acceptors (Lipinski definition) is 6. The number of urea groups is 1. The standard InChI is InChI=1S/C20H29N3O6S/c1-13(2)21-20(26)22-18(24)12-29-19(25)16-5-7-17(8-6-16)30(27,28)23-10-14(3)9-15(4)11-23/h5-8,13-15H,9-12H2,1-4H3,(H2,21,22,24,26). The number of imide groups is 1. The third-order valence-electron chi connectivity index (χ3n) is 4.57. The predicted molar refractivity (Wildman–Crippen MR) is 110 cm³/mol. The molecule has 10 heteroatoms. The van der Waals surface area contributed by atoms with Gasteiger partial charge in [-0.1, -0.05) is 13.8 Å². The number of benzene rings is 1. The highest BCUT2D eigenvalue weighted by Gasteiger charge is 2.31. The highest BCUT2D eigenvalue weighted by molar-refractivity contribution is 7.89. The van der Waals surface area contributed by atoms with Crippen LogP contribution in [0.15, 0.2) is 29.2 Å². The van der Waals surface area contributed by atoms with Gasteiger partial charge in [-0.2, -0.15) is 4.31 Å². The molecule has 1 aliphatic heterocycles. The number of amides is 3. The number of piperidine rings is 1. The maximum absolute atomic E-state index is 12.9. The van der Waals surface area contributed by atoms with E-state index in [1.807, 2.05) is 19.2 Å². The Morgan fingerprint density at radius 1 is 1.10 bits per heavy atom. The van der Waals surface area contributed by atoms with Gasteiger partial charge in [0.25, 0.3) is 5.91 Å². The fourth-order valence-corrected chi connectivity index (χ4v) is 5.07. The zero-order chi connectivity index (χ0) is 22.5. The molecule has 2 unspecified atom stereocenters. The van der Waals surface area contributed by atoms with Crippen LogP contribution in [0.4, 0.5) is 4.79 Å². The zero-order valence-electron chi connectivity index (χ0n) is 17.7. The summed E-state index contributed by atoms with van der Waals surface area (Å²) in [5.74, 6) is -0.995. The molecule has 0 spiro atoms. The number of ether oxygens (including phenoxy) is 1. The van der Waals surface area contributed by atoms with E-state index >= 15 is 0 Å². The first-order valence-corrected chi connectivity index (χ1v) is 11.3. The summed E-state index contributed by atoms with van der Waals surface area (Å²) < 4.78 is 32.1. The van der Waals surface area contributed by atoms with Crippen molar-refractivity contribution >= 4 is 27.9 Å². The Morgan fingerprint density at radius 3 is 2.20 bits per heavy atom. The molecule has 0 aliphatic carbocycles. The van der Waals surface area contributed by atoms with Crippen molar-refractivity contribution < 1.29 is 27.5 Å². The summed E-state index contributed by atoms with van der Waals surface area (Å²) in [5, 5.41) is 4.51. The van der Waals surface area contributed by atoms with Crippen molar-refractivity contribution in [1.29, 1.82) is 0 Å². The SMILES string of the molecule is CC1CC(C)CN(S(=O)(=O)c2ccc(C(=O)OCC(=O)NC(=O)NC(C)C)cc2)C1. The van der Waals surface area contributed by atoms with Crippen molar-refractivity contribution in [3.63, 3.8) is 0 Å². The summed E-state index contributed by atoms with van der Waals surface area (Å²) in [6.45, 7) is 7.83. The van der Waals surface area contributed by atoms with Crippen LogP contribution >= 0.6 is 0 Å². The van der Waals surface area contributed by atoms with Gasteiger partial charge >= 0.3 is 12.0 Å². The van der Waals surface area contributed by atoms with E-state index in [4.69, 9.17) is 4.74 Å². The van der Waals surface area contributed by atoms with Crippen LogP contribution in [0.2, 0.25) is 0 Å². The topological polar surface area (TPSA) is 122 Å². The van der Waals surface area contributed by atoms with E-state index in [1.165, 1.54) is 28.6 Å². The molecule has 0 saturated carbocycles. The van der Waals surface area contributed by atoms with E-state index in [0.717, 1.165) is 6.42 Å². The molecule has 2 N–H and O–H groups in total. The van der Waals surface area contributed by atoms with Gasteiger partial charge in [-0.25, -0.2) is 18.0 Å². The Labute approximate surface area is 177 Å². The Kier molecular flexibility index (Phi) is 7.96. The van der Waals surface area contributed by atoms with E-state index in [9.17, 15) is 22.8 Å². The molecule has 3 amide bonds. The Morgan fingerprint density at radius 2 is 1.67 bits per heavy atom. The minimum absolute atomic E-state index is 0.100. The lowest BCUT2D eigenvalue weighted by Gasteiger charge is -2.34. The molecule has 0 bridgehead atoms. The fraction of sp³-hybridized carbons (Fsp3) is 0.550. The molecule has 1 aliphatic rings. The van der Waals surface area contributed by atoms with Gasteiger partial charge in [-0.05, 0) is 56.4 Å². The number of nitrogens with zero attached hydrogens (tertiary/aromatic N) is 1. The Hall–Kier alpha value is -2.46. The lowest BCUT2D eigenvalue weighted by atomic mass is 9.94. The van der Waals surface area contributed by atoms with Crippen LogP contribution in [0.5, 0.6) is 0 Å². The van der Waals surface area contributed by atoms with Gasteiger partial charge in [0.05, 0.1) is 10.5 Å². The first kappa shape index (κ1) is 23.8. The largest absolute Gasteiger partial charge is 0.452 e. The first-order valence-electron chi connectivity index (χ1n) is 9.86. The van der Waals surface area contributed by atoms with Crippen LogP contribution in [0, 0.1) is 11.8 Å². The molecule has 30 heavy (non-hydrogen) atoms. The summed E-state index contributed by atoms with van der Waals surface area (Å²) in [6.07, 6.45) is 0.990. The molecule has 0 radical (unpaired) electrons. The number of hydrogen-bond donors (Lipinski definition) is 2. The van der Waals surface area contributed by atoms with Crippen LogP contribution in [-0.4, -0.2) is 56.4 Å². The molecule has 166 valence electrons. The Bertz CT molecular complexity index is 872. The Balaban J connectivity index is 1.95. The van der Waals surface area contributed by atoms with Gasteiger partial charge < -0.3 is 10.1 Å². The van der Waals surface area contributed by atoms with Gasteiger partial charge in [-0.3, -0.25) is 10.1 Å². The van der Waals surface area contributed by atoms with Crippen LogP contribution < -0.4 is 10.6 Å². The van der Waals surface area contributed by atoms with Gasteiger partial charge in [0.2, 0.25) is 10.0 Å². The van der Waals surface area contributed by atoms with Crippen molar-refractivity contribution in [1.82, 2.24) is 14.9 Å². The molecular weight excluding hydrogens is 410 g/mol. The van der Waals surface area contributed by atoms with Crippen LogP contribution in [0.1, 0.15) is 44.5 Å². The average Bonchev–Trinajstić information content (AvgIpc) is 2.64. The molecule has 1 saturated heterocycles. The number of sulfonamides is 1. The minimum Gasteiger partial charge on any atom is -0.452 e. The molecule has 1 aromatic rings. The van der Waals surface area contributed by atoms with Crippen LogP contribution in [-0.2, 0) is 19.6 Å². The van der Waals surface area contributed by atoms with Gasteiger partial charge in [0.1, 0.15) is 0 Å². The highest BCUT2D eigenvalue weighted by atomic mass is 32.2. The molecule has 1 heterocycles. The van der Waals surface area contributed by atoms with Gasteiger partial charge in [0.15, 0.2) is 6.61 Å². The summed E-state index contributed by atoms with van der Waals surface area (Å²) in [6, 6.07) is 4.57. The monoisotopic (exact) mass is 439 g/mol. The van der Waals surface area contributed by atoms with Crippen molar-refractivity contribution in [3.05, 3.63) is 29.8 Å². The second-order valence-corrected chi connectivity index (χ2v) is 9.98. The average molecular weight is 440 g/mol. The van der Waals surface area contributed by atoms with Crippen molar-refractivity contribution in [2.24, 2.45) is 11.8 Å². The third-order valence-corrected chi connectivity index (χ3v) is 6.42. The molecular formula is C20H29N3O6S. The maximum Gasteiger partial charge on any atom is 0.338 e. The number of esters is 1. The highest BCUT2D eigenvalue weighted by Crippen LogP contribution is 2.26.